The molecular formula is C38H56O13. The Bertz CT molecular complexity index is 1520. The summed E-state index contributed by atoms with van der Waals surface area (Å²) in [6, 6.07) is 0. The fraction of sp³-hybridized carbons (Fsp3) is 0.789. The van der Waals surface area contributed by atoms with Gasteiger partial charge in [0, 0.05) is 37.0 Å². The van der Waals surface area contributed by atoms with E-state index in [1.54, 1.807) is 27.7 Å². The topological polar surface area (TPSA) is 217 Å². The second kappa shape index (κ2) is 12.8. The van der Waals surface area contributed by atoms with Crippen LogP contribution in [0, 0.1) is 39.4 Å². The maximum Gasteiger partial charge on any atom is 0.303 e. The number of esters is 1. The minimum atomic E-state index is -2.13. The molecule has 5 aliphatic rings. The van der Waals surface area contributed by atoms with Crippen molar-refractivity contribution in [2.24, 2.45) is 39.4 Å². The van der Waals surface area contributed by atoms with Crippen molar-refractivity contribution in [2.75, 3.05) is 6.61 Å². The van der Waals surface area contributed by atoms with Gasteiger partial charge in [0.05, 0.1) is 18.1 Å². The molecule has 0 radical (unpaired) electrons. The van der Waals surface area contributed by atoms with Gasteiger partial charge in [-0.1, -0.05) is 32.4 Å². The highest BCUT2D eigenvalue weighted by atomic mass is 16.7. The van der Waals surface area contributed by atoms with E-state index in [1.165, 1.54) is 19.9 Å². The third-order valence-corrected chi connectivity index (χ3v) is 13.7. The van der Waals surface area contributed by atoms with E-state index in [0.29, 0.717) is 6.42 Å². The zero-order valence-electron chi connectivity index (χ0n) is 31.1. The molecule has 51 heavy (non-hydrogen) atoms. The van der Waals surface area contributed by atoms with E-state index in [1.807, 2.05) is 26.8 Å². The lowest BCUT2D eigenvalue weighted by Crippen LogP contribution is -2.64. The lowest BCUT2D eigenvalue weighted by molar-refractivity contribution is -0.317. The molecule has 2 saturated carbocycles. The number of ether oxygens (including phenoxy) is 3. The average Bonchev–Trinajstić information content (AvgIpc) is 3.25. The number of ketones is 3. The molecular weight excluding hydrogens is 664 g/mol. The first-order valence-electron chi connectivity index (χ1n) is 17.9. The first-order chi connectivity index (χ1) is 23.3. The van der Waals surface area contributed by atoms with Crippen LogP contribution in [0.5, 0.6) is 0 Å². The predicted molar refractivity (Wildman–Crippen MR) is 181 cm³/mol. The Morgan fingerprint density at radius 1 is 1.00 bits per heavy atom. The number of rotatable bonds is 9. The van der Waals surface area contributed by atoms with Gasteiger partial charge in [-0.05, 0) is 76.7 Å². The van der Waals surface area contributed by atoms with Crippen molar-refractivity contribution in [3.05, 3.63) is 23.5 Å². The predicted octanol–water partition coefficient (Wildman–Crippen LogP) is 2.24. The normalized spacial score (nSPS) is 43.2. The van der Waals surface area contributed by atoms with Gasteiger partial charge in [0.1, 0.15) is 41.4 Å². The second-order valence-electron chi connectivity index (χ2n) is 17.6. The molecule has 1 saturated heterocycles. The Balaban J connectivity index is 1.60. The summed E-state index contributed by atoms with van der Waals surface area (Å²) in [5.74, 6) is -4.15. The van der Waals surface area contributed by atoms with Crippen molar-refractivity contribution in [3.8, 4) is 0 Å². The fourth-order valence-electron chi connectivity index (χ4n) is 10.7. The molecule has 5 rings (SSSR count). The Morgan fingerprint density at radius 3 is 2.22 bits per heavy atom. The van der Waals surface area contributed by atoms with Crippen LogP contribution in [0.15, 0.2) is 23.5 Å². The van der Waals surface area contributed by atoms with E-state index in [4.69, 9.17) is 14.2 Å². The van der Waals surface area contributed by atoms with Crippen LogP contribution in [0.2, 0.25) is 0 Å². The van der Waals surface area contributed by atoms with Crippen molar-refractivity contribution < 1.29 is 64.0 Å². The van der Waals surface area contributed by atoms with Crippen molar-refractivity contribution >= 4 is 23.3 Å². The third-order valence-electron chi connectivity index (χ3n) is 13.7. The summed E-state index contributed by atoms with van der Waals surface area (Å²) in [5.41, 5.74) is -6.45. The molecule has 0 spiro atoms. The van der Waals surface area contributed by atoms with Gasteiger partial charge in [-0.25, -0.2) is 0 Å². The van der Waals surface area contributed by atoms with Crippen molar-refractivity contribution in [1.82, 2.24) is 0 Å². The largest absolute Gasteiger partial charge is 0.505 e. The maximum absolute atomic E-state index is 14.8. The SMILES string of the molecule is CC(=O)OC(C)(C)CCC(=O)[C@](C)(O)[C@H]1[C@H](O[C@H]2O[C@H](CO)[C@@H](O)[C@H](O)[C@H]2O)C[C@@]2(C)[C@@H]3CC=C4[C@@H](C=C(O)C(=O)C4(C)C)[C@]3(C)C(=O)C[C@]12C. The molecule has 3 fully saturated rings. The third kappa shape index (κ3) is 5.95. The van der Waals surface area contributed by atoms with E-state index in [-0.39, 0.29) is 31.5 Å². The number of aliphatic hydroxyl groups is 6. The quantitative estimate of drug-likeness (QED) is 0.149. The van der Waals surface area contributed by atoms with Crippen LogP contribution in [-0.2, 0) is 33.4 Å². The van der Waals surface area contributed by atoms with E-state index in [2.05, 4.69) is 0 Å². The van der Waals surface area contributed by atoms with Crippen LogP contribution in [0.1, 0.15) is 94.4 Å². The summed E-state index contributed by atoms with van der Waals surface area (Å²) in [6.07, 6.45) is -5.16. The molecule has 0 aromatic carbocycles. The van der Waals surface area contributed by atoms with Crippen LogP contribution in [0.3, 0.4) is 0 Å². The van der Waals surface area contributed by atoms with Crippen LogP contribution in [0.4, 0.5) is 0 Å². The number of fused-ring (bicyclic) bond motifs is 5. The van der Waals surface area contributed by atoms with Gasteiger partial charge >= 0.3 is 5.97 Å². The maximum atomic E-state index is 14.8. The van der Waals surface area contributed by atoms with Gasteiger partial charge in [0.2, 0.25) is 5.78 Å². The average molecular weight is 721 g/mol. The highest BCUT2D eigenvalue weighted by Crippen LogP contribution is 2.74. The molecule has 4 aliphatic carbocycles. The van der Waals surface area contributed by atoms with E-state index in [9.17, 15) is 49.8 Å². The summed E-state index contributed by atoms with van der Waals surface area (Å²) in [5, 5.41) is 65.1. The van der Waals surface area contributed by atoms with E-state index >= 15 is 0 Å². The van der Waals surface area contributed by atoms with Gasteiger partial charge in [-0.3, -0.25) is 19.2 Å². The second-order valence-corrected chi connectivity index (χ2v) is 17.6. The summed E-state index contributed by atoms with van der Waals surface area (Å²) in [7, 11) is 0. The van der Waals surface area contributed by atoms with Gasteiger partial charge in [-0.2, -0.15) is 0 Å². The van der Waals surface area contributed by atoms with Crippen molar-refractivity contribution in [1.29, 1.82) is 0 Å². The molecule has 0 amide bonds. The summed E-state index contributed by atoms with van der Waals surface area (Å²) < 4.78 is 17.6. The molecule has 6 N–H and O–H groups in total. The molecule has 13 heteroatoms. The first kappa shape index (κ1) is 39.7. The summed E-state index contributed by atoms with van der Waals surface area (Å²) in [4.78, 5) is 53.7. The molecule has 13 nitrogen and oxygen atoms in total. The molecule has 1 aliphatic heterocycles. The Labute approximate surface area is 299 Å². The van der Waals surface area contributed by atoms with Crippen LogP contribution in [0.25, 0.3) is 0 Å². The molecule has 286 valence electrons. The molecule has 0 bridgehead atoms. The van der Waals surface area contributed by atoms with Crippen LogP contribution < -0.4 is 0 Å². The Hall–Kier alpha value is -2.52. The van der Waals surface area contributed by atoms with Crippen LogP contribution >= 0.6 is 0 Å². The first-order valence-corrected chi connectivity index (χ1v) is 17.9. The van der Waals surface area contributed by atoms with Crippen molar-refractivity contribution in [2.45, 2.75) is 142 Å². The fourth-order valence-corrected chi connectivity index (χ4v) is 10.7. The van der Waals surface area contributed by atoms with Crippen molar-refractivity contribution in [3.63, 3.8) is 0 Å². The highest BCUT2D eigenvalue weighted by molar-refractivity contribution is 6.02. The van der Waals surface area contributed by atoms with Crippen LogP contribution in [-0.4, -0.2) is 109 Å². The molecule has 0 aromatic heterocycles. The lowest BCUT2D eigenvalue weighted by Gasteiger charge is -2.63. The molecule has 13 atom stereocenters. The Morgan fingerprint density at radius 2 is 1.63 bits per heavy atom. The number of carbonyl (C=O) groups excluding carboxylic acids is 4. The minimum absolute atomic E-state index is 0.0924. The van der Waals surface area contributed by atoms with Gasteiger partial charge < -0.3 is 44.8 Å². The summed E-state index contributed by atoms with van der Waals surface area (Å²) >= 11 is 0. The summed E-state index contributed by atoms with van der Waals surface area (Å²) in [6.45, 7) is 14.5. The number of aliphatic hydroxyl groups excluding tert-OH is 5. The zero-order valence-corrected chi connectivity index (χ0v) is 31.1. The highest BCUT2D eigenvalue weighted by Gasteiger charge is 2.75. The van der Waals surface area contributed by atoms with E-state index < -0.39 is 117 Å². The zero-order chi connectivity index (χ0) is 38.4. The number of carbonyl (C=O) groups is 4. The number of allylic oxidation sites excluding steroid dienone is 4. The van der Waals surface area contributed by atoms with Gasteiger partial charge in [0.25, 0.3) is 0 Å². The van der Waals surface area contributed by atoms with Gasteiger partial charge in [0.15, 0.2) is 17.8 Å². The Kier molecular flexibility index (Phi) is 9.97. The number of Topliss-reactive ketones (excluding diaryl/α,β-unsaturated/α-hetero) is 3. The molecule has 1 heterocycles. The molecule has 0 aromatic rings. The number of hydrogen-bond acceptors (Lipinski definition) is 13. The standard InChI is InChI=1S/C38H56O13/c1-18(40)51-33(2,3)13-12-25(42)38(9,48)30-22(49-32-29(46)28(45)27(44)23(17-39)50-32)15-35(6)24-11-10-19-20(14-21(41)31(47)34(19,4)5)37(24,8)26(43)16-36(30,35)7/h10,14,20,22-24,27-30,32,39,41,44-46,48H,11-13,15-17H2,1-9H3/t20-,22-,23-,24+,27-,28+,29-,30+,32+,35+,36-,37+,38+/m1/s1. The van der Waals surface area contributed by atoms with Gasteiger partial charge in [-0.15, -0.1) is 0 Å². The molecule has 0 unspecified atom stereocenters. The smallest absolute Gasteiger partial charge is 0.303 e. The monoisotopic (exact) mass is 720 g/mol. The number of hydrogen-bond donors (Lipinski definition) is 6. The van der Waals surface area contributed by atoms with E-state index in [0.717, 1.165) is 5.57 Å². The minimum Gasteiger partial charge on any atom is -0.505 e. The lowest BCUT2D eigenvalue weighted by atomic mass is 9.39.